The maximum atomic E-state index is 4.76. The van der Waals surface area contributed by atoms with E-state index in [1.54, 1.807) is 0 Å². The number of fused-ring (bicyclic) bond motifs is 1. The number of nitrogens with one attached hydrogen (secondary N) is 1. The van der Waals surface area contributed by atoms with Gasteiger partial charge >= 0.3 is 0 Å². The second-order valence-corrected chi connectivity index (χ2v) is 7.18. The van der Waals surface area contributed by atoms with Crippen molar-refractivity contribution in [3.63, 3.8) is 0 Å². The molecule has 1 aliphatic heterocycles. The van der Waals surface area contributed by atoms with E-state index in [1.165, 1.54) is 16.8 Å². The summed E-state index contributed by atoms with van der Waals surface area (Å²) in [5.41, 5.74) is 5.72. The van der Waals surface area contributed by atoms with Crippen molar-refractivity contribution in [1.29, 1.82) is 0 Å². The van der Waals surface area contributed by atoms with E-state index in [0.717, 1.165) is 34.6 Å². The zero-order valence-corrected chi connectivity index (χ0v) is 15.8. The van der Waals surface area contributed by atoms with Gasteiger partial charge in [-0.25, -0.2) is 4.98 Å². The van der Waals surface area contributed by atoms with Crippen LogP contribution in [-0.2, 0) is 6.42 Å². The minimum Gasteiger partial charge on any atom is -0.326 e. The molecule has 2 aromatic carbocycles. The highest BCUT2D eigenvalue weighted by Crippen LogP contribution is 2.34. The number of hydrogen-bond donors (Lipinski definition) is 1. The van der Waals surface area contributed by atoms with Crippen LogP contribution in [0.3, 0.4) is 0 Å². The second kappa shape index (κ2) is 6.48. The molecular formula is C20H19BrN4. The SMILES string of the molecule is Cc1ccc(Nc2nc(C)cc(N3CCc4ccccc43)n2)c(Br)c1. The largest absolute Gasteiger partial charge is 0.326 e. The normalized spacial score (nSPS) is 13.0. The Morgan fingerprint density at radius 2 is 1.88 bits per heavy atom. The molecule has 2 heterocycles. The van der Waals surface area contributed by atoms with E-state index in [-0.39, 0.29) is 0 Å². The number of para-hydroxylation sites is 1. The zero-order valence-electron chi connectivity index (χ0n) is 14.3. The van der Waals surface area contributed by atoms with Crippen LogP contribution in [0.25, 0.3) is 0 Å². The van der Waals surface area contributed by atoms with Crippen LogP contribution in [0.2, 0.25) is 0 Å². The molecule has 0 saturated heterocycles. The Kier molecular flexibility index (Phi) is 4.17. The Balaban J connectivity index is 1.68. The highest BCUT2D eigenvalue weighted by atomic mass is 79.9. The summed E-state index contributed by atoms with van der Waals surface area (Å²) in [5.74, 6) is 1.55. The van der Waals surface area contributed by atoms with Crippen molar-refractivity contribution in [1.82, 2.24) is 9.97 Å². The number of aromatic nitrogens is 2. The van der Waals surface area contributed by atoms with Crippen molar-refractivity contribution >= 4 is 39.1 Å². The number of halogens is 1. The molecule has 4 rings (SSSR count). The lowest BCUT2D eigenvalue weighted by Crippen LogP contribution is -2.16. The van der Waals surface area contributed by atoms with E-state index in [1.807, 2.05) is 19.1 Å². The first kappa shape index (κ1) is 16.1. The molecule has 1 aromatic heterocycles. The monoisotopic (exact) mass is 394 g/mol. The maximum absolute atomic E-state index is 4.76. The molecule has 1 N–H and O–H groups in total. The minimum absolute atomic E-state index is 0.615. The molecule has 0 unspecified atom stereocenters. The standard InChI is InChI=1S/C20H19BrN4/c1-13-7-8-17(16(21)11-13)23-20-22-14(2)12-19(24-20)25-10-9-15-5-3-4-6-18(15)25/h3-8,11-12H,9-10H2,1-2H3,(H,22,23,24). The lowest BCUT2D eigenvalue weighted by molar-refractivity contribution is 0.959. The van der Waals surface area contributed by atoms with E-state index in [9.17, 15) is 0 Å². The fourth-order valence-electron chi connectivity index (χ4n) is 3.16. The molecule has 3 aromatic rings. The number of rotatable bonds is 3. The number of benzene rings is 2. The molecule has 1 aliphatic rings. The molecule has 0 bridgehead atoms. The van der Waals surface area contributed by atoms with Gasteiger partial charge in [0.15, 0.2) is 0 Å². The predicted octanol–water partition coefficient (Wildman–Crippen LogP) is 5.29. The van der Waals surface area contributed by atoms with Gasteiger partial charge in [-0.3, -0.25) is 0 Å². The Morgan fingerprint density at radius 1 is 1.04 bits per heavy atom. The van der Waals surface area contributed by atoms with Crippen LogP contribution >= 0.6 is 15.9 Å². The van der Waals surface area contributed by atoms with Crippen LogP contribution in [0, 0.1) is 13.8 Å². The fraction of sp³-hybridized carbons (Fsp3) is 0.200. The van der Waals surface area contributed by atoms with E-state index >= 15 is 0 Å². The van der Waals surface area contributed by atoms with Gasteiger partial charge in [0.1, 0.15) is 5.82 Å². The van der Waals surface area contributed by atoms with Gasteiger partial charge in [-0.1, -0.05) is 24.3 Å². The van der Waals surface area contributed by atoms with Gasteiger partial charge in [0, 0.05) is 28.5 Å². The van der Waals surface area contributed by atoms with E-state index in [4.69, 9.17) is 4.98 Å². The molecule has 126 valence electrons. The molecule has 25 heavy (non-hydrogen) atoms. The number of aryl methyl sites for hydroxylation is 2. The summed E-state index contributed by atoms with van der Waals surface area (Å²) in [7, 11) is 0. The molecular weight excluding hydrogens is 376 g/mol. The van der Waals surface area contributed by atoms with Gasteiger partial charge in [-0.2, -0.15) is 4.98 Å². The Morgan fingerprint density at radius 3 is 2.72 bits per heavy atom. The van der Waals surface area contributed by atoms with Crippen LogP contribution in [0.15, 0.2) is 53.0 Å². The van der Waals surface area contributed by atoms with E-state index in [0.29, 0.717) is 5.95 Å². The molecule has 0 radical (unpaired) electrons. The summed E-state index contributed by atoms with van der Waals surface area (Å²) >= 11 is 3.60. The zero-order chi connectivity index (χ0) is 17.4. The van der Waals surface area contributed by atoms with E-state index < -0.39 is 0 Å². The number of hydrogen-bond acceptors (Lipinski definition) is 4. The number of nitrogens with zero attached hydrogens (tertiary/aromatic N) is 3. The molecule has 0 fully saturated rings. The van der Waals surface area contributed by atoms with Crippen molar-refractivity contribution in [2.24, 2.45) is 0 Å². The summed E-state index contributed by atoms with van der Waals surface area (Å²) in [4.78, 5) is 11.6. The smallest absolute Gasteiger partial charge is 0.229 e. The summed E-state index contributed by atoms with van der Waals surface area (Å²) < 4.78 is 1.01. The highest BCUT2D eigenvalue weighted by molar-refractivity contribution is 9.10. The molecule has 0 amide bonds. The van der Waals surface area contributed by atoms with Crippen molar-refractivity contribution in [2.45, 2.75) is 20.3 Å². The van der Waals surface area contributed by atoms with Crippen LogP contribution in [0.4, 0.5) is 23.1 Å². The van der Waals surface area contributed by atoms with Gasteiger partial charge in [0.2, 0.25) is 5.95 Å². The average molecular weight is 395 g/mol. The lowest BCUT2D eigenvalue weighted by atomic mass is 10.2. The van der Waals surface area contributed by atoms with Gasteiger partial charge in [0.25, 0.3) is 0 Å². The van der Waals surface area contributed by atoms with Gasteiger partial charge in [-0.05, 0) is 65.5 Å². The van der Waals surface area contributed by atoms with Crippen LogP contribution in [0.1, 0.15) is 16.8 Å². The van der Waals surface area contributed by atoms with Crippen LogP contribution in [-0.4, -0.2) is 16.5 Å². The highest BCUT2D eigenvalue weighted by Gasteiger charge is 2.21. The third kappa shape index (κ3) is 3.24. The van der Waals surface area contributed by atoms with Crippen molar-refractivity contribution in [2.75, 3.05) is 16.8 Å². The Bertz CT molecular complexity index is 939. The third-order valence-electron chi connectivity index (χ3n) is 4.38. The fourth-order valence-corrected chi connectivity index (χ4v) is 3.76. The summed E-state index contributed by atoms with van der Waals surface area (Å²) in [5, 5.41) is 3.33. The van der Waals surface area contributed by atoms with Crippen molar-refractivity contribution in [3.05, 3.63) is 69.8 Å². The van der Waals surface area contributed by atoms with Crippen LogP contribution < -0.4 is 10.2 Å². The quantitative estimate of drug-likeness (QED) is 0.654. The first-order valence-electron chi connectivity index (χ1n) is 8.34. The average Bonchev–Trinajstić information content (AvgIpc) is 3.01. The van der Waals surface area contributed by atoms with Crippen molar-refractivity contribution < 1.29 is 0 Å². The lowest BCUT2D eigenvalue weighted by Gasteiger charge is -2.19. The number of anilines is 4. The topological polar surface area (TPSA) is 41.1 Å². The van der Waals surface area contributed by atoms with Gasteiger partial charge < -0.3 is 10.2 Å². The van der Waals surface area contributed by atoms with Gasteiger partial charge in [0.05, 0.1) is 5.69 Å². The predicted molar refractivity (Wildman–Crippen MR) is 106 cm³/mol. The van der Waals surface area contributed by atoms with E-state index in [2.05, 4.69) is 74.5 Å². The third-order valence-corrected chi connectivity index (χ3v) is 5.03. The first-order chi connectivity index (χ1) is 12.1. The summed E-state index contributed by atoms with van der Waals surface area (Å²) in [6, 6.07) is 16.7. The molecule has 0 saturated carbocycles. The molecule has 0 atom stereocenters. The van der Waals surface area contributed by atoms with Crippen LogP contribution in [0.5, 0.6) is 0 Å². The van der Waals surface area contributed by atoms with Crippen molar-refractivity contribution in [3.8, 4) is 0 Å². The second-order valence-electron chi connectivity index (χ2n) is 6.33. The summed E-state index contributed by atoms with van der Waals surface area (Å²) in [6.07, 6.45) is 1.05. The molecule has 0 aliphatic carbocycles. The first-order valence-corrected chi connectivity index (χ1v) is 9.14. The summed E-state index contributed by atoms with van der Waals surface area (Å²) in [6.45, 7) is 5.02. The minimum atomic E-state index is 0.615. The van der Waals surface area contributed by atoms with Gasteiger partial charge in [-0.15, -0.1) is 0 Å². The maximum Gasteiger partial charge on any atom is 0.229 e. The Hall–Kier alpha value is -2.40. The molecule has 5 heteroatoms. The molecule has 4 nitrogen and oxygen atoms in total. The Labute approximate surface area is 156 Å². The molecule has 0 spiro atoms.